The molecule has 1 fully saturated rings. The van der Waals surface area contributed by atoms with Crippen LogP contribution in [0.3, 0.4) is 0 Å². The Morgan fingerprint density at radius 2 is 1.86 bits per heavy atom. The van der Waals surface area contributed by atoms with E-state index in [4.69, 9.17) is 0 Å². The molecule has 2 amide bonds. The molecule has 114 valence electrons. The Kier molecular flexibility index (Phi) is 4.46. The van der Waals surface area contributed by atoms with Crippen LogP contribution in [0.5, 0.6) is 0 Å². The van der Waals surface area contributed by atoms with Crippen molar-refractivity contribution in [3.05, 3.63) is 28.2 Å². The number of aliphatic carboxylic acids is 1. The van der Waals surface area contributed by atoms with E-state index in [0.717, 1.165) is 6.07 Å². The van der Waals surface area contributed by atoms with Crippen LogP contribution in [0.1, 0.15) is 25.7 Å². The van der Waals surface area contributed by atoms with E-state index in [0.29, 0.717) is 31.7 Å². The highest BCUT2D eigenvalue weighted by Gasteiger charge is 2.42. The zero-order valence-electron chi connectivity index (χ0n) is 10.9. The van der Waals surface area contributed by atoms with Gasteiger partial charge in [-0.2, -0.15) is 0 Å². The molecule has 5 nitrogen and oxygen atoms in total. The van der Waals surface area contributed by atoms with Crippen LogP contribution in [0.15, 0.2) is 16.6 Å². The highest BCUT2D eigenvalue weighted by atomic mass is 79.9. The molecule has 1 saturated carbocycles. The van der Waals surface area contributed by atoms with E-state index in [1.807, 2.05) is 0 Å². The van der Waals surface area contributed by atoms with Gasteiger partial charge in [-0.3, -0.25) is 0 Å². The summed E-state index contributed by atoms with van der Waals surface area (Å²) in [5.41, 5.74) is -1.57. The van der Waals surface area contributed by atoms with Crippen LogP contribution in [0.4, 0.5) is 19.3 Å². The predicted octanol–water partition coefficient (Wildman–Crippen LogP) is 3.25. The molecule has 3 N–H and O–H groups in total. The number of carbonyl (C=O) groups excluding carboxylic acids is 1. The topological polar surface area (TPSA) is 78.4 Å². The number of hydrogen-bond donors (Lipinski definition) is 3. The molecule has 0 saturated heterocycles. The van der Waals surface area contributed by atoms with E-state index in [1.165, 1.54) is 0 Å². The molecule has 8 heteroatoms. The van der Waals surface area contributed by atoms with Crippen LogP contribution in [0, 0.1) is 11.6 Å². The summed E-state index contributed by atoms with van der Waals surface area (Å²) in [5, 5.41) is 13.8. The molecule has 0 radical (unpaired) electrons. The highest BCUT2D eigenvalue weighted by Crippen LogP contribution is 2.31. The van der Waals surface area contributed by atoms with E-state index < -0.39 is 29.2 Å². The van der Waals surface area contributed by atoms with Gasteiger partial charge in [0.05, 0.1) is 5.69 Å². The number of rotatable bonds is 3. The number of anilines is 1. The fraction of sp³-hybridized carbons (Fsp3) is 0.385. The number of carboxylic acid groups (broad SMARTS) is 1. The summed E-state index contributed by atoms with van der Waals surface area (Å²) >= 11 is 2.94. The van der Waals surface area contributed by atoms with Gasteiger partial charge in [0, 0.05) is 10.5 Å². The van der Waals surface area contributed by atoms with E-state index in [2.05, 4.69) is 26.6 Å². The van der Waals surface area contributed by atoms with Crippen molar-refractivity contribution in [1.29, 1.82) is 0 Å². The summed E-state index contributed by atoms with van der Waals surface area (Å²) in [4.78, 5) is 23.2. The molecule has 1 aromatic rings. The van der Waals surface area contributed by atoms with Crippen LogP contribution < -0.4 is 10.6 Å². The summed E-state index contributed by atoms with van der Waals surface area (Å²) in [6.07, 6.45) is 2.04. The van der Waals surface area contributed by atoms with Crippen LogP contribution in [-0.2, 0) is 4.79 Å². The number of carboxylic acids is 1. The molecule has 2 rings (SSSR count). The minimum Gasteiger partial charge on any atom is -0.480 e. The molecule has 0 aliphatic heterocycles. The minimum atomic E-state index is -1.33. The van der Waals surface area contributed by atoms with Crippen LogP contribution in [-0.4, -0.2) is 22.6 Å². The van der Waals surface area contributed by atoms with Gasteiger partial charge in [-0.1, -0.05) is 12.8 Å². The number of carbonyl (C=O) groups is 2. The molecule has 0 atom stereocenters. The first-order chi connectivity index (χ1) is 9.84. The van der Waals surface area contributed by atoms with E-state index in [-0.39, 0.29) is 10.2 Å². The monoisotopic (exact) mass is 362 g/mol. The summed E-state index contributed by atoms with van der Waals surface area (Å²) in [7, 11) is 0. The minimum absolute atomic E-state index is 0.0333. The van der Waals surface area contributed by atoms with Crippen molar-refractivity contribution in [3.8, 4) is 0 Å². The Morgan fingerprint density at radius 3 is 2.38 bits per heavy atom. The van der Waals surface area contributed by atoms with E-state index in [9.17, 15) is 23.5 Å². The molecule has 0 heterocycles. The maximum Gasteiger partial charge on any atom is 0.329 e. The molecule has 0 bridgehead atoms. The molecule has 1 aliphatic rings. The van der Waals surface area contributed by atoms with Crippen LogP contribution in [0.25, 0.3) is 0 Å². The second-order valence-electron chi connectivity index (χ2n) is 4.92. The van der Waals surface area contributed by atoms with E-state index >= 15 is 0 Å². The van der Waals surface area contributed by atoms with Crippen molar-refractivity contribution in [1.82, 2.24) is 5.32 Å². The first-order valence-electron chi connectivity index (χ1n) is 6.31. The lowest BCUT2D eigenvalue weighted by atomic mass is 9.98. The van der Waals surface area contributed by atoms with Gasteiger partial charge in [-0.25, -0.2) is 18.4 Å². The van der Waals surface area contributed by atoms with Crippen molar-refractivity contribution < 1.29 is 23.5 Å². The smallest absolute Gasteiger partial charge is 0.329 e. The molecular formula is C13H13BrF2N2O3. The zero-order valence-corrected chi connectivity index (χ0v) is 12.5. The first-order valence-corrected chi connectivity index (χ1v) is 7.10. The summed E-state index contributed by atoms with van der Waals surface area (Å²) in [6, 6.07) is 0.787. The maximum absolute atomic E-state index is 13.6. The normalized spacial score (nSPS) is 16.5. The van der Waals surface area contributed by atoms with Crippen LogP contribution in [0.2, 0.25) is 0 Å². The first kappa shape index (κ1) is 15.7. The Labute approximate surface area is 127 Å². The highest BCUT2D eigenvalue weighted by molar-refractivity contribution is 9.10. The zero-order chi connectivity index (χ0) is 15.6. The fourth-order valence-corrected chi connectivity index (χ4v) is 2.90. The SMILES string of the molecule is O=C(Nc1c(F)cc(F)cc1Br)NC1(C(=O)O)CCCC1. The van der Waals surface area contributed by atoms with Gasteiger partial charge in [-0.05, 0) is 34.8 Å². The molecule has 0 spiro atoms. The van der Waals surface area contributed by atoms with Gasteiger partial charge >= 0.3 is 12.0 Å². The largest absolute Gasteiger partial charge is 0.480 e. The summed E-state index contributed by atoms with van der Waals surface area (Å²) in [5.74, 6) is -2.86. The Morgan fingerprint density at radius 1 is 1.24 bits per heavy atom. The average Bonchev–Trinajstić information content (AvgIpc) is 2.83. The van der Waals surface area contributed by atoms with Crippen molar-refractivity contribution in [2.24, 2.45) is 0 Å². The molecule has 0 aromatic heterocycles. The standard InChI is InChI=1S/C13H13BrF2N2O3/c14-8-5-7(15)6-9(16)10(8)17-12(21)18-13(11(19)20)3-1-2-4-13/h5-6H,1-4H2,(H,19,20)(H2,17,18,21). The fourth-order valence-electron chi connectivity index (χ4n) is 2.39. The second-order valence-corrected chi connectivity index (χ2v) is 5.77. The molecule has 21 heavy (non-hydrogen) atoms. The third-order valence-corrected chi connectivity index (χ3v) is 4.09. The summed E-state index contributed by atoms with van der Waals surface area (Å²) in [6.45, 7) is 0. The van der Waals surface area contributed by atoms with Gasteiger partial charge in [0.15, 0.2) is 5.82 Å². The van der Waals surface area contributed by atoms with Gasteiger partial charge < -0.3 is 15.7 Å². The number of halogens is 3. The lowest BCUT2D eigenvalue weighted by Crippen LogP contribution is -2.53. The van der Waals surface area contributed by atoms with Gasteiger partial charge in [0.1, 0.15) is 11.4 Å². The molecule has 0 unspecified atom stereocenters. The predicted molar refractivity (Wildman–Crippen MR) is 75.0 cm³/mol. The third kappa shape index (κ3) is 3.31. The van der Waals surface area contributed by atoms with Crippen molar-refractivity contribution in [3.63, 3.8) is 0 Å². The Balaban J connectivity index is 2.14. The Bertz CT molecular complexity index is 566. The molecule has 1 aliphatic carbocycles. The van der Waals surface area contributed by atoms with Crippen LogP contribution >= 0.6 is 15.9 Å². The summed E-state index contributed by atoms with van der Waals surface area (Å²) < 4.78 is 26.6. The van der Waals surface area contributed by atoms with Crippen molar-refractivity contribution in [2.45, 2.75) is 31.2 Å². The number of urea groups is 1. The quantitative estimate of drug-likeness (QED) is 0.772. The number of amides is 2. The van der Waals surface area contributed by atoms with E-state index in [1.54, 1.807) is 0 Å². The van der Waals surface area contributed by atoms with Crippen molar-refractivity contribution >= 4 is 33.6 Å². The van der Waals surface area contributed by atoms with Gasteiger partial charge in [0.25, 0.3) is 0 Å². The second kappa shape index (κ2) is 5.97. The number of benzene rings is 1. The Hall–Kier alpha value is -1.70. The third-order valence-electron chi connectivity index (χ3n) is 3.46. The van der Waals surface area contributed by atoms with Gasteiger partial charge in [0.2, 0.25) is 0 Å². The lowest BCUT2D eigenvalue weighted by Gasteiger charge is -2.25. The molecular weight excluding hydrogens is 350 g/mol. The number of hydrogen-bond acceptors (Lipinski definition) is 2. The van der Waals surface area contributed by atoms with Gasteiger partial charge in [-0.15, -0.1) is 0 Å². The maximum atomic E-state index is 13.6. The lowest BCUT2D eigenvalue weighted by molar-refractivity contribution is -0.144. The molecule has 1 aromatic carbocycles. The van der Waals surface area contributed by atoms with Crippen molar-refractivity contribution in [2.75, 3.05) is 5.32 Å². The average molecular weight is 363 g/mol. The number of nitrogens with one attached hydrogen (secondary N) is 2.